The summed E-state index contributed by atoms with van der Waals surface area (Å²) in [5.41, 5.74) is 4.54. The van der Waals surface area contributed by atoms with Crippen molar-refractivity contribution in [3.05, 3.63) is 29.8 Å². The highest BCUT2D eigenvalue weighted by Gasteiger charge is 2.18. The standard InChI is InChI=1S/C10H13N3OS/c11-12-10(14)15-13-7-3-5-8-4-1-2-6-9(8)13/h1-2,4,6H,3,5,7,11H2,(H,12,14). The molecule has 1 aliphatic heterocycles. The van der Waals surface area contributed by atoms with Gasteiger partial charge in [-0.2, -0.15) is 0 Å². The van der Waals surface area contributed by atoms with Crippen molar-refractivity contribution < 1.29 is 4.79 Å². The first-order chi connectivity index (χ1) is 7.31. The van der Waals surface area contributed by atoms with E-state index in [1.807, 2.05) is 22.5 Å². The molecule has 0 fully saturated rings. The molecule has 80 valence electrons. The van der Waals surface area contributed by atoms with Crippen LogP contribution in [-0.4, -0.2) is 11.8 Å². The van der Waals surface area contributed by atoms with E-state index in [4.69, 9.17) is 5.84 Å². The van der Waals surface area contributed by atoms with E-state index in [9.17, 15) is 4.79 Å². The predicted molar refractivity (Wildman–Crippen MR) is 62.4 cm³/mol. The topological polar surface area (TPSA) is 58.4 Å². The van der Waals surface area contributed by atoms with E-state index in [-0.39, 0.29) is 5.24 Å². The summed E-state index contributed by atoms with van der Waals surface area (Å²) in [5.74, 6) is 5.06. The van der Waals surface area contributed by atoms with E-state index in [0.717, 1.165) is 37.0 Å². The van der Waals surface area contributed by atoms with E-state index in [1.165, 1.54) is 5.56 Å². The van der Waals surface area contributed by atoms with Gasteiger partial charge in [0, 0.05) is 6.54 Å². The number of amides is 1. The molecule has 1 amide bonds. The average molecular weight is 223 g/mol. The summed E-state index contributed by atoms with van der Waals surface area (Å²) in [7, 11) is 0. The summed E-state index contributed by atoms with van der Waals surface area (Å²) in [6, 6.07) is 8.14. The van der Waals surface area contributed by atoms with E-state index in [0.29, 0.717) is 0 Å². The van der Waals surface area contributed by atoms with Crippen molar-refractivity contribution in [2.45, 2.75) is 12.8 Å². The molecule has 0 spiro atoms. The van der Waals surface area contributed by atoms with Crippen LogP contribution in [0.4, 0.5) is 10.5 Å². The highest BCUT2D eigenvalue weighted by molar-refractivity contribution is 8.14. The molecule has 1 heterocycles. The Morgan fingerprint density at radius 2 is 2.27 bits per heavy atom. The van der Waals surface area contributed by atoms with Crippen LogP contribution in [0.1, 0.15) is 12.0 Å². The van der Waals surface area contributed by atoms with Crippen LogP contribution >= 0.6 is 11.9 Å². The molecule has 0 aliphatic carbocycles. The quantitative estimate of drug-likeness (QED) is 0.329. The lowest BCUT2D eigenvalue weighted by atomic mass is 10.0. The largest absolute Gasteiger partial charge is 0.313 e. The van der Waals surface area contributed by atoms with Crippen molar-refractivity contribution in [1.29, 1.82) is 0 Å². The first kappa shape index (κ1) is 10.3. The number of nitrogens with one attached hydrogen (secondary N) is 1. The maximum Gasteiger partial charge on any atom is 0.313 e. The number of nitrogens with zero attached hydrogens (tertiary/aromatic N) is 1. The zero-order valence-corrected chi connectivity index (χ0v) is 9.09. The third kappa shape index (κ3) is 2.24. The molecule has 4 nitrogen and oxygen atoms in total. The number of benzene rings is 1. The fraction of sp³-hybridized carbons (Fsp3) is 0.300. The van der Waals surface area contributed by atoms with Gasteiger partial charge in [-0.3, -0.25) is 10.2 Å². The van der Waals surface area contributed by atoms with Gasteiger partial charge in [0.1, 0.15) is 0 Å². The van der Waals surface area contributed by atoms with Gasteiger partial charge in [-0.05, 0) is 24.5 Å². The van der Waals surface area contributed by atoms with Crippen LogP contribution < -0.4 is 15.6 Å². The Kier molecular flexibility index (Phi) is 3.13. The number of carbonyl (C=O) groups excluding carboxylic acids is 1. The Morgan fingerprint density at radius 1 is 1.47 bits per heavy atom. The number of hydrogen-bond donors (Lipinski definition) is 2. The van der Waals surface area contributed by atoms with Crippen LogP contribution in [0, 0.1) is 0 Å². The van der Waals surface area contributed by atoms with Crippen molar-refractivity contribution in [1.82, 2.24) is 5.43 Å². The van der Waals surface area contributed by atoms with E-state index in [1.54, 1.807) is 0 Å². The third-order valence-electron chi connectivity index (χ3n) is 2.38. The summed E-state index contributed by atoms with van der Waals surface area (Å²) in [6.07, 6.45) is 2.15. The van der Waals surface area contributed by atoms with Gasteiger partial charge in [0.15, 0.2) is 0 Å². The van der Waals surface area contributed by atoms with Gasteiger partial charge in [0.25, 0.3) is 0 Å². The second kappa shape index (κ2) is 4.55. The van der Waals surface area contributed by atoms with Crippen LogP contribution in [0.2, 0.25) is 0 Å². The van der Waals surface area contributed by atoms with Crippen LogP contribution in [0.15, 0.2) is 24.3 Å². The monoisotopic (exact) mass is 223 g/mol. The Bertz CT molecular complexity index is 369. The van der Waals surface area contributed by atoms with Gasteiger partial charge < -0.3 is 4.31 Å². The fourth-order valence-electron chi connectivity index (χ4n) is 1.72. The number of rotatable bonds is 1. The highest BCUT2D eigenvalue weighted by Crippen LogP contribution is 2.31. The normalized spacial score (nSPS) is 14.6. The SMILES string of the molecule is NNC(=O)SN1CCCc2ccccc21. The number of nitrogens with two attached hydrogens (primary N) is 1. The van der Waals surface area contributed by atoms with Crippen LogP contribution in [-0.2, 0) is 6.42 Å². The highest BCUT2D eigenvalue weighted by atomic mass is 32.2. The lowest BCUT2D eigenvalue weighted by Gasteiger charge is -2.28. The van der Waals surface area contributed by atoms with Crippen LogP contribution in [0.3, 0.4) is 0 Å². The van der Waals surface area contributed by atoms with Gasteiger partial charge in [0.05, 0.1) is 17.6 Å². The lowest BCUT2D eigenvalue weighted by Crippen LogP contribution is -2.32. The average Bonchev–Trinajstić information content (AvgIpc) is 2.29. The maximum absolute atomic E-state index is 11.2. The number of anilines is 1. The molecule has 0 unspecified atom stereocenters. The van der Waals surface area contributed by atoms with Crippen molar-refractivity contribution in [2.24, 2.45) is 5.84 Å². The van der Waals surface area contributed by atoms with Gasteiger partial charge >= 0.3 is 5.24 Å². The molecule has 1 aliphatic rings. The molecule has 1 aromatic carbocycles. The molecule has 0 bridgehead atoms. The van der Waals surface area contributed by atoms with Gasteiger partial charge in [0.2, 0.25) is 0 Å². The fourth-order valence-corrected chi connectivity index (χ4v) is 2.47. The Morgan fingerprint density at radius 3 is 3.07 bits per heavy atom. The Balaban J connectivity index is 2.18. The van der Waals surface area contributed by atoms with Crippen LogP contribution in [0.25, 0.3) is 0 Å². The molecule has 15 heavy (non-hydrogen) atoms. The molecule has 2 rings (SSSR count). The molecule has 0 aromatic heterocycles. The maximum atomic E-state index is 11.2. The minimum absolute atomic E-state index is 0.230. The first-order valence-electron chi connectivity index (χ1n) is 4.85. The Hall–Kier alpha value is -1.20. The zero-order valence-electron chi connectivity index (χ0n) is 8.27. The second-order valence-corrected chi connectivity index (χ2v) is 4.35. The summed E-state index contributed by atoms with van der Waals surface area (Å²) < 4.78 is 1.99. The molecule has 5 heteroatoms. The molecular formula is C10H13N3OS. The molecular weight excluding hydrogens is 210 g/mol. The number of hydrazine groups is 1. The smallest absolute Gasteiger partial charge is 0.308 e. The molecule has 0 saturated heterocycles. The van der Waals surface area contributed by atoms with E-state index < -0.39 is 0 Å². The van der Waals surface area contributed by atoms with Crippen molar-refractivity contribution in [3.63, 3.8) is 0 Å². The number of aryl methyl sites for hydroxylation is 1. The lowest BCUT2D eigenvalue weighted by molar-refractivity contribution is 0.261. The first-order valence-corrected chi connectivity index (χ1v) is 5.62. The third-order valence-corrected chi connectivity index (χ3v) is 3.26. The van der Waals surface area contributed by atoms with Crippen LogP contribution in [0.5, 0.6) is 0 Å². The number of carbonyl (C=O) groups is 1. The molecule has 0 atom stereocenters. The second-order valence-electron chi connectivity index (χ2n) is 3.36. The summed E-state index contributed by atoms with van der Waals surface area (Å²) in [5, 5.41) is -0.230. The number of hydrogen-bond acceptors (Lipinski definition) is 4. The van der Waals surface area contributed by atoms with Crippen molar-refractivity contribution in [3.8, 4) is 0 Å². The van der Waals surface area contributed by atoms with Gasteiger partial charge in [-0.25, -0.2) is 5.84 Å². The Labute approximate surface area is 92.9 Å². The minimum atomic E-state index is -0.230. The number of para-hydroxylation sites is 1. The predicted octanol–water partition coefficient (Wildman–Crippen LogP) is 1.67. The molecule has 1 aromatic rings. The summed E-state index contributed by atoms with van der Waals surface area (Å²) in [6.45, 7) is 0.884. The van der Waals surface area contributed by atoms with E-state index >= 15 is 0 Å². The molecule has 0 radical (unpaired) electrons. The zero-order chi connectivity index (χ0) is 10.7. The minimum Gasteiger partial charge on any atom is -0.308 e. The molecule has 0 saturated carbocycles. The van der Waals surface area contributed by atoms with Crippen molar-refractivity contribution in [2.75, 3.05) is 10.8 Å². The van der Waals surface area contributed by atoms with Crippen molar-refractivity contribution >= 4 is 22.9 Å². The van der Waals surface area contributed by atoms with Gasteiger partial charge in [-0.15, -0.1) is 0 Å². The number of fused-ring (bicyclic) bond motifs is 1. The molecule has 3 N–H and O–H groups in total. The van der Waals surface area contributed by atoms with E-state index in [2.05, 4.69) is 11.5 Å². The summed E-state index contributed by atoms with van der Waals surface area (Å²) in [4.78, 5) is 11.2. The van der Waals surface area contributed by atoms with Gasteiger partial charge in [-0.1, -0.05) is 18.2 Å². The summed E-state index contributed by atoms with van der Waals surface area (Å²) >= 11 is 1.12.